The number of sulfonamides is 1. The van der Waals surface area contributed by atoms with Gasteiger partial charge >= 0.3 is 5.97 Å². The van der Waals surface area contributed by atoms with Gasteiger partial charge in [0.1, 0.15) is 9.21 Å². The number of fused-ring (bicyclic) bond motifs is 1. The number of nitrogens with zero attached hydrogens (tertiary/aromatic N) is 1. The predicted molar refractivity (Wildman–Crippen MR) is 117 cm³/mol. The molecule has 1 N–H and O–H groups in total. The van der Waals surface area contributed by atoms with Crippen LogP contribution < -0.4 is 5.32 Å². The monoisotopic (exact) mass is 488 g/mol. The van der Waals surface area contributed by atoms with E-state index in [9.17, 15) is 18.0 Å². The van der Waals surface area contributed by atoms with Crippen molar-refractivity contribution >= 4 is 61.2 Å². The molecule has 0 spiro atoms. The minimum atomic E-state index is -3.69. The fourth-order valence-electron chi connectivity index (χ4n) is 3.96. The van der Waals surface area contributed by atoms with Gasteiger partial charge in [0.25, 0.3) is 10.0 Å². The molecule has 0 radical (unpaired) electrons. The summed E-state index contributed by atoms with van der Waals surface area (Å²) in [6.07, 6.45) is 3.84. The van der Waals surface area contributed by atoms with E-state index in [1.807, 2.05) is 0 Å². The molecule has 0 bridgehead atoms. The smallest absolute Gasteiger partial charge is 0.341 e. The van der Waals surface area contributed by atoms with E-state index in [1.54, 1.807) is 6.07 Å². The average Bonchev–Trinajstić information content (AvgIpc) is 3.43. The number of methoxy groups -OCH3 is 1. The molecule has 0 aromatic carbocycles. The van der Waals surface area contributed by atoms with Crippen molar-refractivity contribution in [2.75, 3.05) is 25.5 Å². The largest absolute Gasteiger partial charge is 0.465 e. The summed E-state index contributed by atoms with van der Waals surface area (Å²) in [5.41, 5.74) is 1.40. The molecule has 1 aliphatic carbocycles. The van der Waals surface area contributed by atoms with Crippen LogP contribution in [0.4, 0.5) is 5.00 Å². The van der Waals surface area contributed by atoms with E-state index in [0.717, 1.165) is 41.0 Å². The summed E-state index contributed by atoms with van der Waals surface area (Å²) in [6.45, 7) is 0.463. The third-order valence-corrected chi connectivity index (χ3v) is 10.2. The molecule has 7 nitrogen and oxygen atoms in total. The Balaban J connectivity index is 1.51. The highest BCUT2D eigenvalue weighted by atomic mass is 35.5. The molecular weight excluding hydrogens is 468 g/mol. The van der Waals surface area contributed by atoms with Gasteiger partial charge in [-0.15, -0.1) is 22.7 Å². The van der Waals surface area contributed by atoms with E-state index in [-0.39, 0.29) is 16.7 Å². The van der Waals surface area contributed by atoms with Crippen LogP contribution in [0.5, 0.6) is 0 Å². The molecule has 1 aliphatic heterocycles. The summed E-state index contributed by atoms with van der Waals surface area (Å²) in [5.74, 6) is -1.22. The number of halogens is 1. The van der Waals surface area contributed by atoms with Crippen molar-refractivity contribution in [1.82, 2.24) is 4.31 Å². The van der Waals surface area contributed by atoms with Gasteiger partial charge in [0.2, 0.25) is 5.91 Å². The Morgan fingerprint density at radius 1 is 1.23 bits per heavy atom. The number of thiophene rings is 2. The number of rotatable bonds is 5. The molecular formula is C19H21ClN2O5S3. The second kappa shape index (κ2) is 8.58. The standard InChI is InChI=1S/C19H21ClN2O5S3/c1-27-19(24)16-12-5-2-6-13(12)28-18(16)21-17(23)11-4-3-9-22(10-11)30(25,26)15-8-7-14(20)29-15/h7-8,11H,2-6,9-10H2,1H3,(H,21,23). The van der Waals surface area contributed by atoms with Gasteiger partial charge < -0.3 is 10.1 Å². The third kappa shape index (κ3) is 4.03. The van der Waals surface area contributed by atoms with Crippen LogP contribution in [0.2, 0.25) is 4.34 Å². The fourth-order valence-corrected chi connectivity index (χ4v) is 8.40. The molecule has 2 aromatic rings. The van der Waals surface area contributed by atoms with E-state index in [1.165, 1.54) is 28.8 Å². The second-order valence-corrected chi connectivity index (χ2v) is 12.3. The van der Waals surface area contributed by atoms with Crippen molar-refractivity contribution in [2.45, 2.75) is 36.3 Å². The molecule has 1 atom stereocenters. The summed E-state index contributed by atoms with van der Waals surface area (Å²) in [5, 5.41) is 3.38. The minimum Gasteiger partial charge on any atom is -0.465 e. The van der Waals surface area contributed by atoms with Crippen molar-refractivity contribution < 1.29 is 22.7 Å². The van der Waals surface area contributed by atoms with Crippen molar-refractivity contribution in [3.63, 3.8) is 0 Å². The Morgan fingerprint density at radius 3 is 2.73 bits per heavy atom. The first kappa shape index (κ1) is 21.8. The lowest BCUT2D eigenvalue weighted by atomic mass is 9.99. The molecule has 30 heavy (non-hydrogen) atoms. The van der Waals surface area contributed by atoms with Crippen LogP contribution in [0.3, 0.4) is 0 Å². The topological polar surface area (TPSA) is 92.8 Å². The number of aryl methyl sites for hydroxylation is 1. The van der Waals surface area contributed by atoms with Crippen molar-refractivity contribution in [2.24, 2.45) is 5.92 Å². The van der Waals surface area contributed by atoms with Gasteiger partial charge in [-0.05, 0) is 49.8 Å². The lowest BCUT2D eigenvalue weighted by molar-refractivity contribution is -0.120. The zero-order valence-corrected chi connectivity index (χ0v) is 19.5. The maximum Gasteiger partial charge on any atom is 0.341 e. The number of hydrogen-bond donors (Lipinski definition) is 1. The molecule has 2 aromatic heterocycles. The first-order valence-corrected chi connectivity index (χ1v) is 13.1. The van der Waals surface area contributed by atoms with E-state index in [0.29, 0.717) is 34.3 Å². The van der Waals surface area contributed by atoms with Crippen LogP contribution in [0.25, 0.3) is 0 Å². The number of amides is 1. The van der Waals surface area contributed by atoms with E-state index in [2.05, 4.69) is 5.32 Å². The SMILES string of the molecule is COC(=O)c1c(NC(=O)C2CCCN(S(=O)(=O)c3ccc(Cl)s3)C2)sc2c1CCC2. The minimum absolute atomic E-state index is 0.0995. The van der Waals surface area contributed by atoms with Crippen LogP contribution in [0, 0.1) is 5.92 Å². The Labute approximate surface area is 188 Å². The molecule has 1 saturated heterocycles. The maximum absolute atomic E-state index is 13.0. The highest BCUT2D eigenvalue weighted by Gasteiger charge is 2.35. The first-order valence-electron chi connectivity index (χ1n) is 9.60. The molecule has 1 fully saturated rings. The number of piperidine rings is 1. The second-order valence-electron chi connectivity index (χ2n) is 7.30. The summed E-state index contributed by atoms with van der Waals surface area (Å²) in [6, 6.07) is 3.04. The number of esters is 1. The zero-order valence-electron chi connectivity index (χ0n) is 16.3. The summed E-state index contributed by atoms with van der Waals surface area (Å²) in [7, 11) is -2.36. The maximum atomic E-state index is 13.0. The highest BCUT2D eigenvalue weighted by Crippen LogP contribution is 2.40. The van der Waals surface area contributed by atoms with Gasteiger partial charge in [0.05, 0.1) is 22.9 Å². The average molecular weight is 489 g/mol. The first-order chi connectivity index (χ1) is 14.3. The number of carbonyl (C=O) groups is 2. The number of anilines is 1. The zero-order chi connectivity index (χ0) is 21.5. The van der Waals surface area contributed by atoms with Crippen LogP contribution in [-0.2, 0) is 32.4 Å². The lowest BCUT2D eigenvalue weighted by Crippen LogP contribution is -2.43. The van der Waals surface area contributed by atoms with Crippen LogP contribution >= 0.6 is 34.3 Å². The molecule has 1 unspecified atom stereocenters. The van der Waals surface area contributed by atoms with E-state index >= 15 is 0 Å². The summed E-state index contributed by atoms with van der Waals surface area (Å²) in [4.78, 5) is 26.4. The summed E-state index contributed by atoms with van der Waals surface area (Å²) < 4.78 is 32.6. The van der Waals surface area contributed by atoms with Crippen molar-refractivity contribution in [3.05, 3.63) is 32.5 Å². The van der Waals surface area contributed by atoms with Gasteiger partial charge in [-0.3, -0.25) is 4.79 Å². The van der Waals surface area contributed by atoms with Crippen molar-refractivity contribution in [3.8, 4) is 0 Å². The molecule has 4 rings (SSSR count). The molecule has 2 aliphatic rings. The fraction of sp³-hybridized carbons (Fsp3) is 0.474. The Bertz CT molecular complexity index is 1090. The predicted octanol–water partition coefficient (Wildman–Crippen LogP) is 3.78. The van der Waals surface area contributed by atoms with Gasteiger partial charge in [0.15, 0.2) is 0 Å². The number of hydrogen-bond acceptors (Lipinski definition) is 7. The van der Waals surface area contributed by atoms with E-state index in [4.69, 9.17) is 16.3 Å². The molecule has 0 saturated carbocycles. The molecule has 3 heterocycles. The number of nitrogens with one attached hydrogen (secondary N) is 1. The Morgan fingerprint density at radius 2 is 2.03 bits per heavy atom. The molecule has 11 heteroatoms. The Kier molecular flexibility index (Phi) is 6.23. The van der Waals surface area contributed by atoms with E-state index < -0.39 is 21.9 Å². The molecule has 162 valence electrons. The summed E-state index contributed by atoms with van der Waals surface area (Å²) >= 11 is 8.31. The highest BCUT2D eigenvalue weighted by molar-refractivity contribution is 7.91. The van der Waals surface area contributed by atoms with Gasteiger partial charge in [0, 0.05) is 18.0 Å². The number of ether oxygens (including phenoxy) is 1. The van der Waals surface area contributed by atoms with Crippen LogP contribution in [-0.4, -0.2) is 44.8 Å². The molecule has 1 amide bonds. The van der Waals surface area contributed by atoms with Crippen molar-refractivity contribution in [1.29, 1.82) is 0 Å². The van der Waals surface area contributed by atoms with Crippen LogP contribution in [0.1, 0.15) is 40.1 Å². The quantitative estimate of drug-likeness (QED) is 0.646. The lowest BCUT2D eigenvalue weighted by Gasteiger charge is -2.30. The normalized spacial score (nSPS) is 19.5. The third-order valence-electron chi connectivity index (χ3n) is 5.45. The van der Waals surface area contributed by atoms with Crippen LogP contribution in [0.15, 0.2) is 16.3 Å². The number of carbonyl (C=O) groups excluding carboxylic acids is 2. The van der Waals surface area contributed by atoms with Gasteiger partial charge in [-0.2, -0.15) is 4.31 Å². The Hall–Kier alpha value is -1.46. The van der Waals surface area contributed by atoms with Gasteiger partial charge in [-0.25, -0.2) is 13.2 Å². The van der Waals surface area contributed by atoms with Gasteiger partial charge in [-0.1, -0.05) is 11.6 Å².